The number of carbonyl (C=O) groups excluding carboxylic acids is 2. The Morgan fingerprint density at radius 3 is 2.65 bits per heavy atom. The summed E-state index contributed by atoms with van der Waals surface area (Å²) in [5.74, 6) is -0.596. The number of carbonyl (C=O) groups is 2. The number of H-pyrrole nitrogens is 1. The van der Waals surface area contributed by atoms with Crippen LogP contribution < -0.4 is 10.6 Å². The van der Waals surface area contributed by atoms with Crippen LogP contribution in [0.3, 0.4) is 0 Å². The van der Waals surface area contributed by atoms with E-state index in [-0.39, 0.29) is 11.8 Å². The van der Waals surface area contributed by atoms with Gasteiger partial charge in [-0.15, -0.1) is 0 Å². The predicted octanol–water partition coefficient (Wildman–Crippen LogP) is 3.51. The summed E-state index contributed by atoms with van der Waals surface area (Å²) in [5.41, 5.74) is 2.29. The van der Waals surface area contributed by atoms with Crippen LogP contribution >= 0.6 is 34.2 Å². The zero-order valence-electron chi connectivity index (χ0n) is 14.0. The third kappa shape index (κ3) is 4.19. The summed E-state index contributed by atoms with van der Waals surface area (Å²) < 4.78 is 0.863. The Bertz CT molecular complexity index is 937. The van der Waals surface area contributed by atoms with Gasteiger partial charge in [0.05, 0.1) is 5.02 Å². The monoisotopic (exact) mass is 481 g/mol. The van der Waals surface area contributed by atoms with Crippen molar-refractivity contribution in [3.8, 4) is 0 Å². The number of benzene rings is 2. The highest BCUT2D eigenvalue weighted by Gasteiger charge is 2.22. The molecule has 0 aliphatic rings. The molecule has 26 heavy (non-hydrogen) atoms. The molecule has 0 saturated carbocycles. The van der Waals surface area contributed by atoms with E-state index in [4.69, 9.17) is 11.6 Å². The summed E-state index contributed by atoms with van der Waals surface area (Å²) in [6, 6.07) is 14.2. The number of amides is 2. The van der Waals surface area contributed by atoms with Gasteiger partial charge in [0.15, 0.2) is 0 Å². The fraction of sp³-hybridized carbons (Fsp3) is 0.158. The predicted molar refractivity (Wildman–Crippen MR) is 111 cm³/mol. The van der Waals surface area contributed by atoms with Crippen LogP contribution in [0.2, 0.25) is 5.02 Å². The number of nitrogens with one attached hydrogen (secondary N) is 3. The summed E-state index contributed by atoms with van der Waals surface area (Å²) in [7, 11) is 1.55. The lowest BCUT2D eigenvalue weighted by Crippen LogP contribution is -2.47. The van der Waals surface area contributed by atoms with Crippen molar-refractivity contribution in [1.82, 2.24) is 15.6 Å². The molecule has 7 heteroatoms. The fourth-order valence-electron chi connectivity index (χ4n) is 2.73. The number of fused-ring (bicyclic) bond motifs is 1. The smallest absolute Gasteiger partial charge is 0.251 e. The van der Waals surface area contributed by atoms with Gasteiger partial charge in [0, 0.05) is 33.8 Å². The van der Waals surface area contributed by atoms with Crippen molar-refractivity contribution in [3.63, 3.8) is 0 Å². The van der Waals surface area contributed by atoms with Gasteiger partial charge >= 0.3 is 0 Å². The van der Waals surface area contributed by atoms with Gasteiger partial charge in [0.2, 0.25) is 5.91 Å². The molecule has 0 bridgehead atoms. The van der Waals surface area contributed by atoms with E-state index in [1.54, 1.807) is 25.2 Å². The van der Waals surface area contributed by atoms with E-state index in [1.807, 2.05) is 30.3 Å². The Morgan fingerprint density at radius 1 is 1.19 bits per heavy atom. The fourth-order valence-corrected chi connectivity index (χ4v) is 3.24. The van der Waals surface area contributed by atoms with Crippen LogP contribution in [0.15, 0.2) is 48.5 Å². The second kappa shape index (κ2) is 8.09. The lowest BCUT2D eigenvalue weighted by Gasteiger charge is -2.17. The molecule has 134 valence electrons. The SMILES string of the molecule is CNC(=O)[C@H](Cc1cc2ccccc2[nH]1)NC(=O)c1ccc(I)c(Cl)c1. The molecule has 0 saturated heterocycles. The Morgan fingerprint density at radius 2 is 1.96 bits per heavy atom. The zero-order valence-corrected chi connectivity index (χ0v) is 16.9. The molecule has 0 radical (unpaired) electrons. The minimum absolute atomic E-state index is 0.256. The van der Waals surface area contributed by atoms with Crippen molar-refractivity contribution >= 4 is 56.9 Å². The first kappa shape index (κ1) is 18.7. The number of rotatable bonds is 5. The minimum Gasteiger partial charge on any atom is -0.358 e. The summed E-state index contributed by atoms with van der Waals surface area (Å²) in [6.07, 6.45) is 0.359. The first-order valence-corrected chi connectivity index (χ1v) is 9.47. The summed E-state index contributed by atoms with van der Waals surface area (Å²) in [4.78, 5) is 28.1. The third-order valence-electron chi connectivity index (χ3n) is 4.06. The molecule has 1 atom stereocenters. The van der Waals surface area contributed by atoms with E-state index < -0.39 is 6.04 Å². The number of likely N-dealkylation sites (N-methyl/N-ethyl adjacent to an activating group) is 1. The number of para-hydroxylation sites is 1. The molecule has 0 spiro atoms. The first-order chi connectivity index (χ1) is 12.5. The molecule has 0 fully saturated rings. The van der Waals surface area contributed by atoms with Crippen LogP contribution in [-0.2, 0) is 11.2 Å². The topological polar surface area (TPSA) is 74.0 Å². The molecule has 0 aliphatic carbocycles. The quantitative estimate of drug-likeness (QED) is 0.488. The van der Waals surface area contributed by atoms with Crippen LogP contribution in [0, 0.1) is 3.57 Å². The second-order valence-corrected chi connectivity index (χ2v) is 7.42. The van der Waals surface area contributed by atoms with Gasteiger partial charge in [-0.05, 0) is 58.3 Å². The second-order valence-electron chi connectivity index (χ2n) is 5.86. The molecular formula is C19H17ClIN3O2. The van der Waals surface area contributed by atoms with Crippen LogP contribution in [0.4, 0.5) is 0 Å². The van der Waals surface area contributed by atoms with E-state index in [9.17, 15) is 9.59 Å². The van der Waals surface area contributed by atoms with Crippen molar-refractivity contribution < 1.29 is 9.59 Å². The Kier molecular flexibility index (Phi) is 5.83. The molecule has 0 aliphatic heterocycles. The van der Waals surface area contributed by atoms with Gasteiger partial charge in [0.1, 0.15) is 6.04 Å². The van der Waals surface area contributed by atoms with E-state index in [0.717, 1.165) is 20.2 Å². The lowest BCUT2D eigenvalue weighted by molar-refractivity contribution is -0.122. The Hall–Kier alpha value is -2.06. The highest BCUT2D eigenvalue weighted by molar-refractivity contribution is 14.1. The zero-order chi connectivity index (χ0) is 18.7. The summed E-state index contributed by atoms with van der Waals surface area (Å²) in [6.45, 7) is 0. The normalized spacial score (nSPS) is 12.0. The van der Waals surface area contributed by atoms with Crippen molar-refractivity contribution in [1.29, 1.82) is 0 Å². The first-order valence-electron chi connectivity index (χ1n) is 8.02. The molecule has 3 rings (SSSR count). The van der Waals surface area contributed by atoms with E-state index in [1.165, 1.54) is 0 Å². The molecule has 1 aromatic heterocycles. The van der Waals surface area contributed by atoms with Gasteiger partial charge < -0.3 is 15.6 Å². The Labute approximate surface area is 169 Å². The van der Waals surface area contributed by atoms with E-state index in [0.29, 0.717) is 17.0 Å². The van der Waals surface area contributed by atoms with Gasteiger partial charge in [-0.3, -0.25) is 9.59 Å². The van der Waals surface area contributed by atoms with Crippen molar-refractivity contribution in [2.45, 2.75) is 12.5 Å². The van der Waals surface area contributed by atoms with E-state index >= 15 is 0 Å². The Balaban J connectivity index is 1.80. The van der Waals surface area contributed by atoms with Crippen LogP contribution in [0.1, 0.15) is 16.1 Å². The van der Waals surface area contributed by atoms with Crippen molar-refractivity contribution in [2.24, 2.45) is 0 Å². The van der Waals surface area contributed by atoms with Gasteiger partial charge in [-0.25, -0.2) is 0 Å². The molecule has 3 aromatic rings. The highest BCUT2D eigenvalue weighted by atomic mass is 127. The summed E-state index contributed by atoms with van der Waals surface area (Å²) in [5, 5.41) is 6.96. The van der Waals surface area contributed by atoms with Crippen LogP contribution in [0.25, 0.3) is 10.9 Å². The molecule has 2 aromatic carbocycles. The van der Waals surface area contributed by atoms with Gasteiger partial charge in [-0.2, -0.15) is 0 Å². The molecule has 3 N–H and O–H groups in total. The highest BCUT2D eigenvalue weighted by Crippen LogP contribution is 2.20. The molecule has 1 heterocycles. The lowest BCUT2D eigenvalue weighted by atomic mass is 10.1. The van der Waals surface area contributed by atoms with Crippen LogP contribution in [0.5, 0.6) is 0 Å². The molecular weight excluding hydrogens is 465 g/mol. The number of halogens is 2. The third-order valence-corrected chi connectivity index (χ3v) is 5.63. The van der Waals surface area contributed by atoms with Crippen molar-refractivity contribution in [2.75, 3.05) is 7.05 Å². The largest absolute Gasteiger partial charge is 0.358 e. The average molecular weight is 482 g/mol. The maximum absolute atomic E-state index is 12.5. The number of aromatic amines is 1. The van der Waals surface area contributed by atoms with Crippen LogP contribution in [-0.4, -0.2) is 29.9 Å². The molecule has 5 nitrogen and oxygen atoms in total. The maximum atomic E-state index is 12.5. The number of hydrogen-bond acceptors (Lipinski definition) is 2. The van der Waals surface area contributed by atoms with Gasteiger partial charge in [-0.1, -0.05) is 29.8 Å². The van der Waals surface area contributed by atoms with Crippen molar-refractivity contribution in [3.05, 3.63) is 68.4 Å². The standard InChI is InChI=1S/C19H17ClIN3O2/c1-22-19(26)17(10-13-8-11-4-2-3-5-16(11)23-13)24-18(25)12-6-7-15(21)14(20)9-12/h2-9,17,23H,10H2,1H3,(H,22,26)(H,24,25)/t17-/m0/s1. The minimum atomic E-state index is -0.696. The maximum Gasteiger partial charge on any atom is 0.251 e. The number of hydrogen-bond donors (Lipinski definition) is 3. The molecule has 0 unspecified atom stereocenters. The summed E-state index contributed by atoms with van der Waals surface area (Å²) >= 11 is 8.18. The van der Waals surface area contributed by atoms with Gasteiger partial charge in [0.25, 0.3) is 5.91 Å². The average Bonchev–Trinajstić information content (AvgIpc) is 3.05. The molecule has 2 amide bonds. The number of aromatic nitrogens is 1. The van der Waals surface area contributed by atoms with E-state index in [2.05, 4.69) is 38.2 Å².